The largest absolute Gasteiger partial charge is 0.455 e. The number of ether oxygens (including phenoxy) is 3. The van der Waals surface area contributed by atoms with Crippen LogP contribution in [0.25, 0.3) is 0 Å². The summed E-state index contributed by atoms with van der Waals surface area (Å²) in [5.41, 5.74) is -0.596. The number of hydrogen-bond acceptors (Lipinski definition) is 8. The summed E-state index contributed by atoms with van der Waals surface area (Å²) in [6.07, 6.45) is 4.98. The molecule has 0 aromatic heterocycles. The first kappa shape index (κ1) is 36.3. The van der Waals surface area contributed by atoms with E-state index in [0.29, 0.717) is 31.4 Å². The summed E-state index contributed by atoms with van der Waals surface area (Å²) in [7, 11) is 1.50. The van der Waals surface area contributed by atoms with Crippen LogP contribution in [0.2, 0.25) is 0 Å². The van der Waals surface area contributed by atoms with Crippen molar-refractivity contribution in [3.63, 3.8) is 0 Å². The molecule has 0 aliphatic carbocycles. The molecule has 2 N–H and O–H groups in total. The van der Waals surface area contributed by atoms with Crippen LogP contribution in [0.4, 0.5) is 0 Å². The smallest absolute Gasteiger partial charge is 0.313 e. The van der Waals surface area contributed by atoms with E-state index in [1.165, 1.54) is 12.0 Å². The summed E-state index contributed by atoms with van der Waals surface area (Å²) in [6.45, 7) is 13.2. The van der Waals surface area contributed by atoms with Gasteiger partial charge in [-0.1, -0.05) is 55.8 Å². The third-order valence-corrected chi connectivity index (χ3v) is 9.84. The van der Waals surface area contributed by atoms with Gasteiger partial charge in [0.25, 0.3) is 0 Å². The molecule has 3 heterocycles. The van der Waals surface area contributed by atoms with Crippen molar-refractivity contribution >= 4 is 23.7 Å². The number of hydrogen-bond donors (Lipinski definition) is 2. The molecular formula is C36H51N3O8. The zero-order valence-electron chi connectivity index (χ0n) is 28.1. The van der Waals surface area contributed by atoms with E-state index in [1.807, 2.05) is 32.0 Å². The van der Waals surface area contributed by atoms with Crippen LogP contribution in [0.5, 0.6) is 0 Å². The number of esters is 1. The number of aliphatic hydroxyl groups is 1. The fourth-order valence-corrected chi connectivity index (χ4v) is 7.68. The summed E-state index contributed by atoms with van der Waals surface area (Å²) < 4.78 is 18.3. The minimum atomic E-state index is -1.25. The summed E-state index contributed by atoms with van der Waals surface area (Å²) in [4.78, 5) is 59.1. The molecule has 2 bridgehead atoms. The number of nitrogens with one attached hydrogen (secondary N) is 1. The second-order valence-corrected chi connectivity index (χ2v) is 13.0. The second kappa shape index (κ2) is 16.0. The Morgan fingerprint density at radius 2 is 1.94 bits per heavy atom. The molecule has 1 aromatic rings. The van der Waals surface area contributed by atoms with Crippen molar-refractivity contribution in [3.05, 3.63) is 61.2 Å². The van der Waals surface area contributed by atoms with Gasteiger partial charge in [0, 0.05) is 26.1 Å². The number of fused-ring (bicyclic) bond motifs is 1. The van der Waals surface area contributed by atoms with E-state index >= 15 is 0 Å². The van der Waals surface area contributed by atoms with E-state index in [4.69, 9.17) is 14.2 Å². The molecule has 3 saturated heterocycles. The van der Waals surface area contributed by atoms with Gasteiger partial charge in [0.2, 0.25) is 17.7 Å². The Hall–Kier alpha value is -3.54. The van der Waals surface area contributed by atoms with E-state index in [1.54, 1.807) is 36.1 Å². The van der Waals surface area contributed by atoms with Gasteiger partial charge in [-0.15, -0.1) is 13.2 Å². The van der Waals surface area contributed by atoms with Crippen LogP contribution < -0.4 is 5.32 Å². The summed E-state index contributed by atoms with van der Waals surface area (Å²) in [6, 6.07) is 6.55. The van der Waals surface area contributed by atoms with Crippen LogP contribution >= 0.6 is 0 Å². The first-order valence-corrected chi connectivity index (χ1v) is 16.8. The molecule has 11 heteroatoms. The highest BCUT2D eigenvalue weighted by Gasteiger charge is 2.75. The molecule has 0 radical (unpaired) electrons. The van der Waals surface area contributed by atoms with E-state index in [-0.39, 0.29) is 37.5 Å². The minimum absolute atomic E-state index is 0.0665. The van der Waals surface area contributed by atoms with E-state index in [9.17, 15) is 24.3 Å². The molecule has 3 aliphatic rings. The number of carbonyl (C=O) groups is 4. The summed E-state index contributed by atoms with van der Waals surface area (Å²) >= 11 is 0. The zero-order chi connectivity index (χ0) is 34.3. The molecule has 1 unspecified atom stereocenters. The first-order valence-electron chi connectivity index (χ1n) is 16.8. The monoisotopic (exact) mass is 653 g/mol. The summed E-state index contributed by atoms with van der Waals surface area (Å²) in [5.74, 6) is -3.51. The number of methoxy groups -OCH3 is 1. The fraction of sp³-hybridized carbons (Fsp3) is 0.611. The van der Waals surface area contributed by atoms with E-state index in [0.717, 1.165) is 12.8 Å². The molecule has 1 aromatic carbocycles. The lowest BCUT2D eigenvalue weighted by Crippen LogP contribution is -2.59. The topological polar surface area (TPSA) is 135 Å². The van der Waals surface area contributed by atoms with Gasteiger partial charge in [0.15, 0.2) is 0 Å². The lowest BCUT2D eigenvalue weighted by atomic mass is 9.70. The van der Waals surface area contributed by atoms with Crippen molar-refractivity contribution in [1.82, 2.24) is 15.1 Å². The standard InChI is InChI=1S/C36H51N3O8/c1-7-10-17-28(41)37-26(22-45-6)31(25-15-12-11-13-16-25)46-35(44)29-27-18-19-36(47-27)30(29)33(42)39(24(5)21-40)32(36)34(43)38(20-9-3)23(4)14-8-2/h7,9,11-13,15-16,23-24,26-27,29-32,40H,1,3,8,10,14,17-22H2,2,4-6H3,(H,37,41)/t23?,24-,26-,27+,29-,30-,31-,32+,36-/m1/s1. The maximum atomic E-state index is 14.5. The number of carbonyl (C=O) groups excluding carboxylic acids is 4. The zero-order valence-corrected chi connectivity index (χ0v) is 28.1. The van der Waals surface area contributed by atoms with Crippen LogP contribution in [-0.2, 0) is 33.4 Å². The Bertz CT molecular complexity index is 1290. The molecule has 0 saturated carbocycles. The van der Waals surface area contributed by atoms with Gasteiger partial charge in [0.05, 0.1) is 43.2 Å². The third-order valence-electron chi connectivity index (χ3n) is 9.84. The van der Waals surface area contributed by atoms with Crippen molar-refractivity contribution in [1.29, 1.82) is 0 Å². The molecular weight excluding hydrogens is 602 g/mol. The van der Waals surface area contributed by atoms with Crippen molar-refractivity contribution < 1.29 is 38.5 Å². The number of nitrogens with zero attached hydrogens (tertiary/aromatic N) is 2. The highest BCUT2D eigenvalue weighted by molar-refractivity contribution is 5.98. The predicted molar refractivity (Wildman–Crippen MR) is 176 cm³/mol. The first-order chi connectivity index (χ1) is 22.6. The molecule has 47 heavy (non-hydrogen) atoms. The Labute approximate surface area is 278 Å². The van der Waals surface area contributed by atoms with Gasteiger partial charge >= 0.3 is 5.97 Å². The second-order valence-electron chi connectivity index (χ2n) is 13.0. The minimum Gasteiger partial charge on any atom is -0.455 e. The quantitative estimate of drug-likeness (QED) is 0.182. The molecule has 4 rings (SSSR count). The Kier molecular flexibility index (Phi) is 12.4. The lowest BCUT2D eigenvalue weighted by Gasteiger charge is -2.40. The average molecular weight is 654 g/mol. The highest BCUT2D eigenvalue weighted by atomic mass is 16.6. The third kappa shape index (κ3) is 7.17. The van der Waals surface area contributed by atoms with Crippen LogP contribution in [0.1, 0.15) is 71.0 Å². The van der Waals surface area contributed by atoms with Crippen molar-refractivity contribution in [2.75, 3.05) is 26.9 Å². The van der Waals surface area contributed by atoms with Gasteiger partial charge in [-0.25, -0.2) is 0 Å². The summed E-state index contributed by atoms with van der Waals surface area (Å²) in [5, 5.41) is 13.2. The number of allylic oxidation sites excluding steroid dienone is 1. The van der Waals surface area contributed by atoms with E-state index < -0.39 is 59.6 Å². The Morgan fingerprint density at radius 1 is 1.21 bits per heavy atom. The van der Waals surface area contributed by atoms with Crippen molar-refractivity contribution in [2.45, 2.75) is 101 Å². The fourth-order valence-electron chi connectivity index (χ4n) is 7.68. The highest BCUT2D eigenvalue weighted by Crippen LogP contribution is 2.59. The van der Waals surface area contributed by atoms with Gasteiger partial charge in [-0.05, 0) is 45.1 Å². The number of likely N-dealkylation sites (tertiary alicyclic amines) is 1. The molecule has 258 valence electrons. The molecule has 3 aliphatic heterocycles. The lowest BCUT2D eigenvalue weighted by molar-refractivity contribution is -0.163. The van der Waals surface area contributed by atoms with E-state index in [2.05, 4.69) is 18.5 Å². The van der Waals surface area contributed by atoms with Crippen LogP contribution in [0, 0.1) is 11.8 Å². The maximum absolute atomic E-state index is 14.5. The van der Waals surface area contributed by atoms with Gasteiger partial charge in [0.1, 0.15) is 17.7 Å². The Morgan fingerprint density at radius 3 is 2.55 bits per heavy atom. The SMILES string of the molecule is C=CCCC(=O)N[C@H](COC)[C@H](OC(=O)[C@@H]1[C@@H]2CC[C@]3(O2)[C@H](C(=O)N(CC=C)C(C)CCC)N([C@H](C)CO)C(=O)[C@@H]13)c1ccccc1. The number of benzene rings is 1. The van der Waals surface area contributed by atoms with Crippen LogP contribution in [0.15, 0.2) is 55.6 Å². The normalized spacial score (nSPS) is 27.0. The van der Waals surface area contributed by atoms with Crippen LogP contribution in [0.3, 0.4) is 0 Å². The number of aliphatic hydroxyl groups excluding tert-OH is 1. The van der Waals surface area contributed by atoms with Crippen LogP contribution in [-0.4, -0.2) is 101 Å². The number of rotatable bonds is 18. The molecule has 11 nitrogen and oxygen atoms in total. The average Bonchev–Trinajstić information content (AvgIpc) is 3.72. The predicted octanol–water partition coefficient (Wildman–Crippen LogP) is 3.33. The van der Waals surface area contributed by atoms with Gasteiger partial charge in [-0.3, -0.25) is 19.2 Å². The van der Waals surface area contributed by atoms with Crippen molar-refractivity contribution in [2.24, 2.45) is 11.8 Å². The molecule has 9 atom stereocenters. The molecule has 3 fully saturated rings. The van der Waals surface area contributed by atoms with Crippen molar-refractivity contribution in [3.8, 4) is 0 Å². The van der Waals surface area contributed by atoms with Gasteiger partial charge in [-0.2, -0.15) is 0 Å². The Balaban J connectivity index is 1.70. The molecule has 3 amide bonds. The molecule has 1 spiro atoms. The van der Waals surface area contributed by atoms with Gasteiger partial charge < -0.3 is 34.4 Å². The maximum Gasteiger partial charge on any atom is 0.313 e. The number of amides is 3.